The minimum Gasteiger partial charge on any atom is -0.380 e. The third-order valence-electron chi connectivity index (χ3n) is 6.32. The molecule has 0 aliphatic carbocycles. The van der Waals surface area contributed by atoms with Crippen molar-refractivity contribution in [3.05, 3.63) is 71.2 Å². The molecule has 176 valence electrons. The van der Waals surface area contributed by atoms with Crippen molar-refractivity contribution in [1.29, 1.82) is 5.26 Å². The van der Waals surface area contributed by atoms with Crippen molar-refractivity contribution in [3.8, 4) is 28.5 Å². The van der Waals surface area contributed by atoms with Crippen LogP contribution in [0.2, 0.25) is 0 Å². The molecule has 34 heavy (non-hydrogen) atoms. The first kappa shape index (κ1) is 23.7. The minimum absolute atomic E-state index is 0.0113. The van der Waals surface area contributed by atoms with E-state index >= 15 is 0 Å². The predicted molar refractivity (Wildman–Crippen MR) is 129 cm³/mol. The number of carbonyl (C=O) groups excluding carboxylic acids is 1. The fourth-order valence-electron chi connectivity index (χ4n) is 4.64. The van der Waals surface area contributed by atoms with Gasteiger partial charge in [-0.3, -0.25) is 4.79 Å². The van der Waals surface area contributed by atoms with Gasteiger partial charge in [0.05, 0.1) is 17.9 Å². The molecule has 1 fully saturated rings. The third kappa shape index (κ3) is 4.60. The molecular formula is C27H29FN4O2. The van der Waals surface area contributed by atoms with E-state index in [0.29, 0.717) is 37.5 Å². The molecule has 1 atom stereocenters. The number of hydrogen-bond acceptors (Lipinski definition) is 4. The zero-order valence-corrected chi connectivity index (χ0v) is 19.6. The van der Waals surface area contributed by atoms with Crippen molar-refractivity contribution in [3.63, 3.8) is 0 Å². The van der Waals surface area contributed by atoms with Crippen molar-refractivity contribution in [2.24, 2.45) is 5.73 Å². The number of carbonyl (C=O) groups is 1. The maximum Gasteiger partial charge on any atom is 0.270 e. The molecule has 3 aromatic rings. The van der Waals surface area contributed by atoms with Crippen LogP contribution in [0.4, 0.5) is 4.39 Å². The van der Waals surface area contributed by atoms with Crippen molar-refractivity contribution in [2.45, 2.75) is 39.0 Å². The summed E-state index contributed by atoms with van der Waals surface area (Å²) in [5.74, 6) is -0.657. The average molecular weight is 461 g/mol. The van der Waals surface area contributed by atoms with Crippen LogP contribution in [0.25, 0.3) is 22.4 Å². The lowest BCUT2D eigenvalue weighted by atomic mass is 9.99. The summed E-state index contributed by atoms with van der Waals surface area (Å²) in [5.41, 5.74) is 10.8. The van der Waals surface area contributed by atoms with E-state index < -0.39 is 5.82 Å². The molecule has 0 unspecified atom stereocenters. The van der Waals surface area contributed by atoms with Gasteiger partial charge in [-0.25, -0.2) is 4.39 Å². The highest BCUT2D eigenvalue weighted by Gasteiger charge is 2.28. The summed E-state index contributed by atoms with van der Waals surface area (Å²) in [6.07, 6.45) is 1.79. The van der Waals surface area contributed by atoms with Crippen molar-refractivity contribution in [2.75, 3.05) is 20.2 Å². The van der Waals surface area contributed by atoms with Gasteiger partial charge in [0.2, 0.25) is 0 Å². The van der Waals surface area contributed by atoms with Gasteiger partial charge in [-0.15, -0.1) is 0 Å². The lowest BCUT2D eigenvalue weighted by molar-refractivity contribution is 0.0698. The van der Waals surface area contributed by atoms with E-state index in [-0.39, 0.29) is 17.5 Å². The van der Waals surface area contributed by atoms with Gasteiger partial charge in [-0.1, -0.05) is 30.3 Å². The van der Waals surface area contributed by atoms with Crippen LogP contribution in [0.1, 0.15) is 41.4 Å². The number of hydrogen-bond donors (Lipinski definition) is 1. The van der Waals surface area contributed by atoms with Gasteiger partial charge in [0, 0.05) is 38.3 Å². The SMILES string of the molecule is CCn1c(C(=O)N2CCC[C@@H](N)C2)cc(-c2ccc(C#N)c(F)c2)c1-c1ccc(COC)cc1. The Bertz CT molecular complexity index is 1230. The quantitative estimate of drug-likeness (QED) is 0.584. The molecule has 6 nitrogen and oxygen atoms in total. The zero-order chi connectivity index (χ0) is 24.2. The number of piperidine rings is 1. The van der Waals surface area contributed by atoms with Crippen LogP contribution in [0.3, 0.4) is 0 Å². The van der Waals surface area contributed by atoms with E-state index in [1.807, 2.05) is 52.8 Å². The number of nitrogens with two attached hydrogens (primary N) is 1. The van der Waals surface area contributed by atoms with Crippen LogP contribution in [0.15, 0.2) is 48.5 Å². The first-order valence-corrected chi connectivity index (χ1v) is 11.5. The Morgan fingerprint density at radius 2 is 1.94 bits per heavy atom. The number of amides is 1. The monoisotopic (exact) mass is 460 g/mol. The van der Waals surface area contributed by atoms with Crippen LogP contribution in [-0.2, 0) is 17.9 Å². The maximum absolute atomic E-state index is 14.6. The van der Waals surface area contributed by atoms with E-state index in [2.05, 4.69) is 0 Å². The maximum atomic E-state index is 14.6. The molecule has 0 radical (unpaired) electrons. The second-order valence-electron chi connectivity index (χ2n) is 8.63. The molecular weight excluding hydrogens is 431 g/mol. The van der Waals surface area contributed by atoms with Crippen molar-refractivity contribution < 1.29 is 13.9 Å². The van der Waals surface area contributed by atoms with Gasteiger partial charge in [-0.2, -0.15) is 5.26 Å². The zero-order valence-electron chi connectivity index (χ0n) is 19.6. The van der Waals surface area contributed by atoms with Crippen LogP contribution in [0.5, 0.6) is 0 Å². The number of aromatic nitrogens is 1. The van der Waals surface area contributed by atoms with Crippen LogP contribution in [0, 0.1) is 17.1 Å². The standard InChI is InChI=1S/C27H29FN4O2/c1-3-32-25(27(33)31-12-4-5-22(30)16-31)14-23(20-10-11-21(15-29)24(28)13-20)26(32)19-8-6-18(7-9-19)17-34-2/h6-11,13-14,22H,3-5,12,16-17,30H2,1-2H3/t22-/m1/s1. The highest BCUT2D eigenvalue weighted by molar-refractivity contribution is 5.98. The molecule has 1 saturated heterocycles. The van der Waals surface area contributed by atoms with Gasteiger partial charge in [0.1, 0.15) is 17.6 Å². The fourth-order valence-corrected chi connectivity index (χ4v) is 4.64. The van der Waals surface area contributed by atoms with E-state index in [4.69, 9.17) is 15.7 Å². The molecule has 4 rings (SSSR count). The van der Waals surface area contributed by atoms with Crippen LogP contribution < -0.4 is 5.73 Å². The molecule has 0 bridgehead atoms. The predicted octanol–water partition coefficient (Wildman–Crippen LogP) is 4.56. The summed E-state index contributed by atoms with van der Waals surface area (Å²) in [7, 11) is 1.65. The van der Waals surface area contributed by atoms with Gasteiger partial charge < -0.3 is 19.9 Å². The average Bonchev–Trinajstić information content (AvgIpc) is 3.24. The number of methoxy groups -OCH3 is 1. The molecule has 1 aromatic heterocycles. The summed E-state index contributed by atoms with van der Waals surface area (Å²) in [6.45, 7) is 4.25. The summed E-state index contributed by atoms with van der Waals surface area (Å²) in [4.78, 5) is 15.4. The topological polar surface area (TPSA) is 84.3 Å². The first-order chi connectivity index (χ1) is 16.5. The van der Waals surface area contributed by atoms with Gasteiger partial charge in [-0.05, 0) is 54.7 Å². The lowest BCUT2D eigenvalue weighted by Crippen LogP contribution is -2.46. The molecule has 1 aliphatic rings. The Labute approximate surface area is 199 Å². The Kier molecular flexibility index (Phi) is 7.11. The molecule has 2 aromatic carbocycles. The number of rotatable bonds is 6. The Morgan fingerprint density at radius 1 is 1.21 bits per heavy atom. The largest absolute Gasteiger partial charge is 0.380 e. The van der Waals surface area contributed by atoms with Gasteiger partial charge in [0.25, 0.3) is 5.91 Å². The van der Waals surface area contributed by atoms with E-state index in [0.717, 1.165) is 35.2 Å². The second kappa shape index (κ2) is 10.2. The number of nitriles is 1. The molecule has 1 amide bonds. The molecule has 2 heterocycles. The number of benzene rings is 2. The molecule has 0 spiro atoms. The van der Waals surface area contributed by atoms with Gasteiger partial charge in [0.15, 0.2) is 0 Å². The number of ether oxygens (including phenoxy) is 1. The van der Waals surface area contributed by atoms with Crippen LogP contribution in [-0.4, -0.2) is 41.6 Å². The van der Waals surface area contributed by atoms with Gasteiger partial charge >= 0.3 is 0 Å². The smallest absolute Gasteiger partial charge is 0.270 e. The van der Waals surface area contributed by atoms with Crippen molar-refractivity contribution >= 4 is 5.91 Å². The van der Waals surface area contributed by atoms with E-state index in [9.17, 15) is 9.18 Å². The lowest BCUT2D eigenvalue weighted by Gasteiger charge is -2.31. The summed E-state index contributed by atoms with van der Waals surface area (Å²) >= 11 is 0. The number of nitrogens with zero attached hydrogens (tertiary/aromatic N) is 3. The van der Waals surface area contributed by atoms with E-state index in [1.54, 1.807) is 13.2 Å². The third-order valence-corrected chi connectivity index (χ3v) is 6.32. The summed E-state index contributed by atoms with van der Waals surface area (Å²) in [5, 5.41) is 9.14. The van der Waals surface area contributed by atoms with Crippen LogP contribution >= 0.6 is 0 Å². The molecule has 1 aliphatic heterocycles. The molecule has 7 heteroatoms. The summed E-state index contributed by atoms with van der Waals surface area (Å²) in [6, 6.07) is 16.2. The first-order valence-electron chi connectivity index (χ1n) is 11.5. The Morgan fingerprint density at radius 3 is 2.56 bits per heavy atom. The number of halogens is 1. The number of likely N-dealkylation sites (tertiary alicyclic amines) is 1. The van der Waals surface area contributed by atoms with E-state index in [1.165, 1.54) is 12.1 Å². The molecule has 2 N–H and O–H groups in total. The second-order valence-corrected chi connectivity index (χ2v) is 8.63. The summed E-state index contributed by atoms with van der Waals surface area (Å²) < 4.78 is 21.8. The Balaban J connectivity index is 1.87. The fraction of sp³-hybridized carbons (Fsp3) is 0.333. The Hall–Kier alpha value is -3.47. The van der Waals surface area contributed by atoms with Crippen molar-refractivity contribution in [1.82, 2.24) is 9.47 Å². The normalized spacial score (nSPS) is 15.9. The highest BCUT2D eigenvalue weighted by atomic mass is 19.1. The minimum atomic E-state index is -0.583. The highest BCUT2D eigenvalue weighted by Crippen LogP contribution is 2.37. The molecule has 0 saturated carbocycles.